The fourth-order valence-electron chi connectivity index (χ4n) is 2.57. The summed E-state index contributed by atoms with van der Waals surface area (Å²) in [4.78, 5) is 28.6. The number of hydrogen-bond donors (Lipinski definition) is 1. The van der Waals surface area contributed by atoms with E-state index in [0.29, 0.717) is 43.1 Å². The minimum absolute atomic E-state index is 0.00515. The molecule has 0 spiro atoms. The number of amides is 1. The molecule has 0 aliphatic carbocycles. The highest BCUT2D eigenvalue weighted by molar-refractivity contribution is 5.94. The Morgan fingerprint density at radius 2 is 2.15 bits per heavy atom. The summed E-state index contributed by atoms with van der Waals surface area (Å²) in [6, 6.07) is 8.10. The molecule has 0 bridgehead atoms. The van der Waals surface area contributed by atoms with Crippen LogP contribution >= 0.6 is 0 Å². The van der Waals surface area contributed by atoms with Crippen molar-refractivity contribution in [2.24, 2.45) is 5.10 Å². The van der Waals surface area contributed by atoms with Crippen LogP contribution in [0.3, 0.4) is 0 Å². The Balaban J connectivity index is 1.73. The van der Waals surface area contributed by atoms with E-state index in [1.165, 1.54) is 18.5 Å². The summed E-state index contributed by atoms with van der Waals surface area (Å²) in [7, 11) is 0. The summed E-state index contributed by atoms with van der Waals surface area (Å²) in [5.41, 5.74) is 3.80. The van der Waals surface area contributed by atoms with Crippen LogP contribution in [0.5, 0.6) is 0 Å². The monoisotopic (exact) mass is 355 g/mol. The second-order valence-electron chi connectivity index (χ2n) is 5.55. The molecular formula is C17H17N5O4. The molecule has 1 fully saturated rings. The number of carbonyl (C=O) groups is 1. The van der Waals surface area contributed by atoms with Gasteiger partial charge in [-0.25, -0.2) is 5.43 Å². The third kappa shape index (κ3) is 4.19. The Morgan fingerprint density at radius 3 is 2.85 bits per heavy atom. The number of hydrogen-bond acceptors (Lipinski definition) is 7. The molecule has 1 aromatic carbocycles. The summed E-state index contributed by atoms with van der Waals surface area (Å²) in [6.07, 6.45) is 4.35. The quantitative estimate of drug-likeness (QED) is 0.495. The zero-order chi connectivity index (χ0) is 18.4. The molecule has 2 aromatic rings. The van der Waals surface area contributed by atoms with Gasteiger partial charge in [-0.15, -0.1) is 0 Å². The molecule has 134 valence electrons. The number of nitrogens with zero attached hydrogens (tertiary/aromatic N) is 4. The Labute approximate surface area is 149 Å². The number of hydrazone groups is 1. The zero-order valence-electron chi connectivity index (χ0n) is 13.9. The summed E-state index contributed by atoms with van der Waals surface area (Å²) < 4.78 is 5.28. The van der Waals surface area contributed by atoms with Crippen LogP contribution in [-0.4, -0.2) is 48.3 Å². The molecule has 0 atom stereocenters. The summed E-state index contributed by atoms with van der Waals surface area (Å²) in [5.74, 6) is -0.409. The number of nitrogens with one attached hydrogen (secondary N) is 1. The van der Waals surface area contributed by atoms with Gasteiger partial charge in [0.2, 0.25) is 0 Å². The molecule has 2 heterocycles. The number of rotatable bonds is 5. The molecule has 26 heavy (non-hydrogen) atoms. The average Bonchev–Trinajstić information content (AvgIpc) is 2.69. The lowest BCUT2D eigenvalue weighted by atomic mass is 10.1. The SMILES string of the molecule is O=C(N/N=C\c1ccc(N2CCOCC2)c([N+](=O)[O-])c1)c1cccnc1. The van der Waals surface area contributed by atoms with E-state index in [2.05, 4.69) is 15.5 Å². The zero-order valence-corrected chi connectivity index (χ0v) is 13.9. The van der Waals surface area contributed by atoms with Crippen molar-refractivity contribution in [2.45, 2.75) is 0 Å². The van der Waals surface area contributed by atoms with Gasteiger partial charge in [-0.05, 0) is 18.2 Å². The van der Waals surface area contributed by atoms with E-state index >= 15 is 0 Å². The van der Waals surface area contributed by atoms with Crippen molar-refractivity contribution < 1.29 is 14.5 Å². The highest BCUT2D eigenvalue weighted by atomic mass is 16.6. The molecule has 1 saturated heterocycles. The molecule has 9 heteroatoms. The van der Waals surface area contributed by atoms with E-state index < -0.39 is 10.8 Å². The van der Waals surface area contributed by atoms with Gasteiger partial charge in [0.15, 0.2) is 0 Å². The number of benzene rings is 1. The first-order chi connectivity index (χ1) is 12.6. The van der Waals surface area contributed by atoms with Gasteiger partial charge in [-0.1, -0.05) is 6.07 Å². The first-order valence-corrected chi connectivity index (χ1v) is 8.00. The standard InChI is InChI=1S/C17H17N5O4/c23-17(14-2-1-5-18-12-14)20-19-11-13-3-4-15(16(10-13)22(24)25)21-6-8-26-9-7-21/h1-5,10-12H,6-9H2,(H,20,23)/b19-11-. The fraction of sp³-hybridized carbons (Fsp3) is 0.235. The molecule has 1 N–H and O–H groups in total. The molecule has 0 unspecified atom stereocenters. The van der Waals surface area contributed by atoms with Crippen molar-refractivity contribution in [1.29, 1.82) is 0 Å². The number of carbonyl (C=O) groups excluding carboxylic acids is 1. The van der Waals surface area contributed by atoms with Crippen molar-refractivity contribution in [3.05, 3.63) is 64.0 Å². The van der Waals surface area contributed by atoms with E-state index in [0.717, 1.165) is 0 Å². The van der Waals surface area contributed by atoms with Gasteiger partial charge < -0.3 is 9.64 Å². The first kappa shape index (κ1) is 17.5. The lowest BCUT2D eigenvalue weighted by molar-refractivity contribution is -0.384. The van der Waals surface area contributed by atoms with Crippen LogP contribution in [0.1, 0.15) is 15.9 Å². The molecule has 1 aliphatic rings. The van der Waals surface area contributed by atoms with Crippen molar-refractivity contribution in [3.8, 4) is 0 Å². The normalized spacial score (nSPS) is 14.4. The Hall–Kier alpha value is -3.33. The average molecular weight is 355 g/mol. The van der Waals surface area contributed by atoms with Crippen LogP contribution < -0.4 is 10.3 Å². The third-order valence-corrected chi connectivity index (χ3v) is 3.85. The first-order valence-electron chi connectivity index (χ1n) is 8.00. The van der Waals surface area contributed by atoms with Crippen LogP contribution in [0.2, 0.25) is 0 Å². The number of pyridine rings is 1. The summed E-state index contributed by atoms with van der Waals surface area (Å²) >= 11 is 0. The Bertz CT molecular complexity index is 819. The summed E-state index contributed by atoms with van der Waals surface area (Å²) in [6.45, 7) is 2.30. The predicted molar refractivity (Wildman–Crippen MR) is 95.4 cm³/mol. The van der Waals surface area contributed by atoms with E-state index in [1.54, 1.807) is 30.5 Å². The number of anilines is 1. The van der Waals surface area contributed by atoms with Gasteiger partial charge in [0.1, 0.15) is 5.69 Å². The molecule has 3 rings (SSSR count). The summed E-state index contributed by atoms with van der Waals surface area (Å²) in [5, 5.41) is 15.3. The van der Waals surface area contributed by atoms with Gasteiger partial charge in [0.25, 0.3) is 11.6 Å². The minimum Gasteiger partial charge on any atom is -0.378 e. The topological polar surface area (TPSA) is 110 Å². The molecule has 0 saturated carbocycles. The number of ether oxygens (including phenoxy) is 1. The molecular weight excluding hydrogens is 338 g/mol. The maximum absolute atomic E-state index is 11.9. The second kappa shape index (κ2) is 8.17. The molecule has 1 aromatic heterocycles. The van der Waals surface area contributed by atoms with Crippen molar-refractivity contribution in [3.63, 3.8) is 0 Å². The Morgan fingerprint density at radius 1 is 1.35 bits per heavy atom. The van der Waals surface area contributed by atoms with Gasteiger partial charge in [0.05, 0.1) is 29.9 Å². The van der Waals surface area contributed by atoms with Gasteiger partial charge in [-0.3, -0.25) is 19.9 Å². The minimum atomic E-state index is -0.420. The highest BCUT2D eigenvalue weighted by Gasteiger charge is 2.21. The number of morpholine rings is 1. The van der Waals surface area contributed by atoms with Crippen molar-refractivity contribution >= 4 is 23.5 Å². The van der Waals surface area contributed by atoms with E-state index in [1.807, 2.05) is 4.90 Å². The second-order valence-corrected chi connectivity index (χ2v) is 5.55. The fourth-order valence-corrected chi connectivity index (χ4v) is 2.57. The van der Waals surface area contributed by atoms with Crippen molar-refractivity contribution in [1.82, 2.24) is 10.4 Å². The van der Waals surface area contributed by atoms with E-state index in [4.69, 9.17) is 4.74 Å². The van der Waals surface area contributed by atoms with E-state index in [9.17, 15) is 14.9 Å². The predicted octanol–water partition coefficient (Wildman–Crippen LogP) is 1.59. The van der Waals surface area contributed by atoms with Gasteiger partial charge in [-0.2, -0.15) is 5.10 Å². The van der Waals surface area contributed by atoms with Crippen LogP contribution in [0, 0.1) is 10.1 Å². The van der Waals surface area contributed by atoms with Crippen LogP contribution in [0.15, 0.2) is 47.8 Å². The molecule has 9 nitrogen and oxygen atoms in total. The van der Waals surface area contributed by atoms with Gasteiger partial charge >= 0.3 is 0 Å². The van der Waals surface area contributed by atoms with Crippen LogP contribution in [-0.2, 0) is 4.74 Å². The maximum atomic E-state index is 11.9. The molecule has 0 radical (unpaired) electrons. The van der Waals surface area contributed by atoms with Gasteiger partial charge in [0, 0.05) is 37.1 Å². The molecule has 1 aliphatic heterocycles. The van der Waals surface area contributed by atoms with E-state index in [-0.39, 0.29) is 5.69 Å². The largest absolute Gasteiger partial charge is 0.378 e. The van der Waals surface area contributed by atoms with Crippen LogP contribution in [0.4, 0.5) is 11.4 Å². The molecule has 1 amide bonds. The number of aromatic nitrogens is 1. The highest BCUT2D eigenvalue weighted by Crippen LogP contribution is 2.29. The number of nitro groups is 1. The van der Waals surface area contributed by atoms with Crippen molar-refractivity contribution in [2.75, 3.05) is 31.2 Å². The third-order valence-electron chi connectivity index (χ3n) is 3.85. The number of nitro benzene ring substituents is 1. The maximum Gasteiger partial charge on any atom is 0.293 e. The Kier molecular flexibility index (Phi) is 5.49. The smallest absolute Gasteiger partial charge is 0.293 e. The lowest BCUT2D eigenvalue weighted by Gasteiger charge is -2.28. The lowest BCUT2D eigenvalue weighted by Crippen LogP contribution is -2.36. The van der Waals surface area contributed by atoms with Crippen LogP contribution in [0.25, 0.3) is 0 Å².